The third-order valence-corrected chi connectivity index (χ3v) is 3.65. The van der Waals surface area contributed by atoms with Crippen LogP contribution in [0.15, 0.2) is 53.4 Å². The Balaban J connectivity index is 2.09. The van der Waals surface area contributed by atoms with Gasteiger partial charge in [-0.3, -0.25) is 0 Å². The third-order valence-electron chi connectivity index (χ3n) is 2.49. The molecule has 3 nitrogen and oxygen atoms in total. The van der Waals surface area contributed by atoms with E-state index in [1.165, 1.54) is 0 Å². The predicted molar refractivity (Wildman–Crippen MR) is 73.8 cm³/mol. The summed E-state index contributed by atoms with van der Waals surface area (Å²) < 4.78 is 0. The fourth-order valence-electron chi connectivity index (χ4n) is 1.57. The highest BCUT2D eigenvalue weighted by molar-refractivity contribution is 7.98. The van der Waals surface area contributed by atoms with Gasteiger partial charge in [0.25, 0.3) is 0 Å². The number of anilines is 1. The molecule has 0 saturated carbocycles. The van der Waals surface area contributed by atoms with Crippen LogP contribution in [0, 0.1) is 0 Å². The number of carbonyl (C=O) groups is 1. The van der Waals surface area contributed by atoms with E-state index in [4.69, 9.17) is 10.8 Å². The fourth-order valence-corrected chi connectivity index (χ4v) is 2.48. The Morgan fingerprint density at radius 3 is 2.67 bits per heavy atom. The van der Waals surface area contributed by atoms with Crippen LogP contribution in [0.4, 0.5) is 5.69 Å². The number of thioether (sulfide) groups is 1. The molecule has 0 aliphatic heterocycles. The van der Waals surface area contributed by atoms with Gasteiger partial charge in [-0.05, 0) is 29.8 Å². The second kappa shape index (κ2) is 5.60. The van der Waals surface area contributed by atoms with Gasteiger partial charge in [0.2, 0.25) is 0 Å². The second-order valence-electron chi connectivity index (χ2n) is 3.83. The second-order valence-corrected chi connectivity index (χ2v) is 4.85. The first-order chi connectivity index (χ1) is 8.66. The summed E-state index contributed by atoms with van der Waals surface area (Å²) in [6.45, 7) is 0. The zero-order chi connectivity index (χ0) is 13.0. The topological polar surface area (TPSA) is 63.3 Å². The average Bonchev–Trinajstić information content (AvgIpc) is 2.38. The maximum absolute atomic E-state index is 10.9. The quantitative estimate of drug-likeness (QED) is 0.653. The first-order valence-corrected chi connectivity index (χ1v) is 6.45. The van der Waals surface area contributed by atoms with Gasteiger partial charge in [0, 0.05) is 16.3 Å². The van der Waals surface area contributed by atoms with Gasteiger partial charge in [-0.15, -0.1) is 11.8 Å². The number of hydrogen-bond acceptors (Lipinski definition) is 3. The molecule has 2 aromatic rings. The number of carboxylic acid groups (broad SMARTS) is 1. The minimum atomic E-state index is -0.902. The van der Waals surface area contributed by atoms with Gasteiger partial charge < -0.3 is 10.8 Å². The molecular formula is C14H13NO2S. The molecule has 0 atom stereocenters. The van der Waals surface area contributed by atoms with E-state index in [0.717, 1.165) is 16.1 Å². The summed E-state index contributed by atoms with van der Waals surface area (Å²) in [6.07, 6.45) is 0. The first kappa shape index (κ1) is 12.5. The molecule has 0 fully saturated rings. The Morgan fingerprint density at radius 2 is 1.94 bits per heavy atom. The van der Waals surface area contributed by atoms with Crippen LogP contribution in [-0.4, -0.2) is 11.1 Å². The molecule has 0 heterocycles. The minimum Gasteiger partial charge on any atom is -0.478 e. The molecular weight excluding hydrogens is 246 g/mol. The fraction of sp³-hybridized carbons (Fsp3) is 0.0714. The largest absolute Gasteiger partial charge is 0.478 e. The zero-order valence-electron chi connectivity index (χ0n) is 9.67. The van der Waals surface area contributed by atoms with Gasteiger partial charge in [0.15, 0.2) is 0 Å². The van der Waals surface area contributed by atoms with E-state index in [-0.39, 0.29) is 0 Å². The SMILES string of the molecule is Nc1ccccc1SCc1cccc(C(=O)O)c1. The number of para-hydroxylation sites is 1. The van der Waals surface area contributed by atoms with Gasteiger partial charge >= 0.3 is 5.97 Å². The Morgan fingerprint density at radius 1 is 1.17 bits per heavy atom. The molecule has 18 heavy (non-hydrogen) atoms. The van der Waals surface area contributed by atoms with E-state index >= 15 is 0 Å². The number of nitrogens with two attached hydrogens (primary N) is 1. The minimum absolute atomic E-state index is 0.314. The maximum atomic E-state index is 10.9. The van der Waals surface area contributed by atoms with Crippen molar-refractivity contribution in [1.29, 1.82) is 0 Å². The molecule has 0 aromatic heterocycles. The van der Waals surface area contributed by atoms with Crippen LogP contribution in [0.25, 0.3) is 0 Å². The number of hydrogen-bond donors (Lipinski definition) is 2. The first-order valence-electron chi connectivity index (χ1n) is 5.46. The van der Waals surface area contributed by atoms with Crippen LogP contribution in [-0.2, 0) is 5.75 Å². The van der Waals surface area contributed by atoms with Crippen molar-refractivity contribution in [3.05, 3.63) is 59.7 Å². The highest BCUT2D eigenvalue weighted by Gasteiger charge is 2.04. The number of carboxylic acids is 1. The lowest BCUT2D eigenvalue weighted by molar-refractivity contribution is 0.0697. The van der Waals surface area contributed by atoms with E-state index in [9.17, 15) is 4.79 Å². The van der Waals surface area contributed by atoms with Crippen molar-refractivity contribution in [2.45, 2.75) is 10.6 Å². The monoisotopic (exact) mass is 259 g/mol. The molecule has 0 aliphatic carbocycles. The highest BCUT2D eigenvalue weighted by Crippen LogP contribution is 2.27. The summed E-state index contributed by atoms with van der Waals surface area (Å²) in [5, 5.41) is 8.91. The van der Waals surface area contributed by atoms with Crippen LogP contribution in [0.3, 0.4) is 0 Å². The van der Waals surface area contributed by atoms with Crippen LogP contribution < -0.4 is 5.73 Å². The normalized spacial score (nSPS) is 10.2. The molecule has 0 spiro atoms. The molecule has 0 bridgehead atoms. The van der Waals surface area contributed by atoms with Gasteiger partial charge in [-0.2, -0.15) is 0 Å². The molecule has 0 aliphatic rings. The Hall–Kier alpha value is -1.94. The van der Waals surface area contributed by atoms with E-state index < -0.39 is 5.97 Å². The zero-order valence-corrected chi connectivity index (χ0v) is 10.5. The van der Waals surface area contributed by atoms with Crippen molar-refractivity contribution in [3.8, 4) is 0 Å². The lowest BCUT2D eigenvalue weighted by Gasteiger charge is -2.05. The van der Waals surface area contributed by atoms with Crippen LogP contribution in [0.2, 0.25) is 0 Å². The smallest absolute Gasteiger partial charge is 0.335 e. The van der Waals surface area contributed by atoms with Crippen LogP contribution in [0.1, 0.15) is 15.9 Å². The Labute approximate surface area is 110 Å². The number of benzene rings is 2. The number of nitrogen functional groups attached to an aromatic ring is 1. The van der Waals surface area contributed by atoms with E-state index in [2.05, 4.69) is 0 Å². The highest BCUT2D eigenvalue weighted by atomic mass is 32.2. The molecule has 3 N–H and O–H groups in total. The summed E-state index contributed by atoms with van der Waals surface area (Å²) in [6, 6.07) is 14.6. The van der Waals surface area contributed by atoms with Crippen molar-refractivity contribution < 1.29 is 9.90 Å². The summed E-state index contributed by atoms with van der Waals surface area (Å²) in [7, 11) is 0. The molecule has 0 radical (unpaired) electrons. The van der Waals surface area contributed by atoms with Crippen molar-refractivity contribution >= 4 is 23.4 Å². The summed E-state index contributed by atoms with van der Waals surface area (Å²) >= 11 is 1.60. The van der Waals surface area contributed by atoms with Gasteiger partial charge in [-0.1, -0.05) is 24.3 Å². The molecule has 4 heteroatoms. The van der Waals surface area contributed by atoms with Gasteiger partial charge in [-0.25, -0.2) is 4.79 Å². The number of rotatable bonds is 4. The third kappa shape index (κ3) is 3.05. The lowest BCUT2D eigenvalue weighted by Crippen LogP contribution is -1.96. The number of aromatic carboxylic acids is 1. The Bertz CT molecular complexity index is 569. The molecule has 0 unspecified atom stereocenters. The summed E-state index contributed by atoms with van der Waals surface area (Å²) in [5.74, 6) is -0.198. The van der Waals surface area contributed by atoms with Gasteiger partial charge in [0.05, 0.1) is 5.56 Å². The maximum Gasteiger partial charge on any atom is 0.335 e. The summed E-state index contributed by atoms with van der Waals surface area (Å²) in [4.78, 5) is 11.9. The Kier molecular flexibility index (Phi) is 3.89. The van der Waals surface area contributed by atoms with Crippen LogP contribution in [0.5, 0.6) is 0 Å². The summed E-state index contributed by atoms with van der Waals surface area (Å²) in [5.41, 5.74) is 7.88. The van der Waals surface area contributed by atoms with Crippen molar-refractivity contribution in [1.82, 2.24) is 0 Å². The van der Waals surface area contributed by atoms with Crippen molar-refractivity contribution in [2.24, 2.45) is 0 Å². The molecule has 2 aromatic carbocycles. The predicted octanol–water partition coefficient (Wildman–Crippen LogP) is 3.26. The van der Waals surface area contributed by atoms with Crippen LogP contribution >= 0.6 is 11.8 Å². The standard InChI is InChI=1S/C14H13NO2S/c15-12-6-1-2-7-13(12)18-9-10-4-3-5-11(8-10)14(16)17/h1-8H,9,15H2,(H,16,17). The van der Waals surface area contributed by atoms with Gasteiger partial charge in [0.1, 0.15) is 0 Å². The average molecular weight is 259 g/mol. The molecule has 2 rings (SSSR count). The van der Waals surface area contributed by atoms with Crippen molar-refractivity contribution in [2.75, 3.05) is 5.73 Å². The van der Waals surface area contributed by atoms with E-state index in [0.29, 0.717) is 11.3 Å². The molecule has 0 saturated heterocycles. The van der Waals surface area contributed by atoms with E-state index in [1.54, 1.807) is 30.0 Å². The van der Waals surface area contributed by atoms with Crippen molar-refractivity contribution in [3.63, 3.8) is 0 Å². The molecule has 0 amide bonds. The van der Waals surface area contributed by atoms with E-state index in [1.807, 2.05) is 30.3 Å². The molecule has 92 valence electrons. The lowest BCUT2D eigenvalue weighted by atomic mass is 10.1.